The lowest BCUT2D eigenvalue weighted by Gasteiger charge is -2.15. The minimum absolute atomic E-state index is 0.148. The Morgan fingerprint density at radius 1 is 0.960 bits per heavy atom. The maximum absolute atomic E-state index is 12.4. The van der Waals surface area contributed by atoms with Gasteiger partial charge in [0.25, 0.3) is 11.8 Å². The monoisotopic (exact) mass is 340 g/mol. The molecule has 0 spiro atoms. The van der Waals surface area contributed by atoms with Crippen molar-refractivity contribution >= 4 is 17.5 Å². The Labute approximate surface area is 148 Å². The van der Waals surface area contributed by atoms with Gasteiger partial charge in [0.1, 0.15) is 0 Å². The zero-order valence-electron chi connectivity index (χ0n) is 14.5. The van der Waals surface area contributed by atoms with E-state index < -0.39 is 6.10 Å². The van der Waals surface area contributed by atoms with Gasteiger partial charge in [0, 0.05) is 12.1 Å². The molecule has 0 saturated carbocycles. The van der Waals surface area contributed by atoms with Gasteiger partial charge in [0.15, 0.2) is 0 Å². The lowest BCUT2D eigenvalue weighted by molar-refractivity contribution is 0.0921. The highest BCUT2D eigenvalue weighted by Gasteiger charge is 2.15. The van der Waals surface area contributed by atoms with Crippen molar-refractivity contribution in [1.29, 1.82) is 0 Å². The Kier molecular flexibility index (Phi) is 6.71. The summed E-state index contributed by atoms with van der Waals surface area (Å²) in [7, 11) is 0. The number of carbonyl (C=O) groups excluding carboxylic acids is 2. The molecule has 1 unspecified atom stereocenters. The summed E-state index contributed by atoms with van der Waals surface area (Å²) in [6, 6.07) is 15.7. The Balaban J connectivity index is 2.02. The third-order valence-corrected chi connectivity index (χ3v) is 3.95. The minimum Gasteiger partial charge on any atom is -0.393 e. The lowest BCUT2D eigenvalue weighted by atomic mass is 10.0. The van der Waals surface area contributed by atoms with Gasteiger partial charge < -0.3 is 15.7 Å². The standard InChI is InChI=1S/C20H24N2O3/c1-14(2)18(23)12-13-21-20(25)16-10-6-7-11-17(16)22-19(24)15-8-4-3-5-9-15/h3-11,14,18,23H,12-13H2,1-2H3,(H,21,25)(H,22,24). The zero-order chi connectivity index (χ0) is 18.2. The Morgan fingerprint density at radius 2 is 1.60 bits per heavy atom. The van der Waals surface area contributed by atoms with Crippen molar-refractivity contribution in [3.63, 3.8) is 0 Å². The van der Waals surface area contributed by atoms with E-state index in [1.165, 1.54) is 0 Å². The second-order valence-corrected chi connectivity index (χ2v) is 6.22. The molecule has 132 valence electrons. The molecule has 0 aliphatic carbocycles. The fourth-order valence-corrected chi connectivity index (χ4v) is 2.34. The van der Waals surface area contributed by atoms with Crippen LogP contribution in [0, 0.1) is 5.92 Å². The molecule has 2 aromatic rings. The van der Waals surface area contributed by atoms with Crippen LogP contribution in [0.25, 0.3) is 0 Å². The molecule has 3 N–H and O–H groups in total. The molecule has 2 rings (SSSR count). The normalized spacial score (nSPS) is 11.8. The fourth-order valence-electron chi connectivity index (χ4n) is 2.34. The van der Waals surface area contributed by atoms with E-state index in [1.807, 2.05) is 19.9 Å². The van der Waals surface area contributed by atoms with Crippen molar-refractivity contribution in [1.82, 2.24) is 5.32 Å². The molecule has 0 saturated heterocycles. The van der Waals surface area contributed by atoms with Crippen molar-refractivity contribution < 1.29 is 14.7 Å². The molecule has 0 radical (unpaired) electrons. The Morgan fingerprint density at radius 3 is 2.28 bits per heavy atom. The van der Waals surface area contributed by atoms with Crippen LogP contribution in [0.15, 0.2) is 54.6 Å². The first-order valence-corrected chi connectivity index (χ1v) is 8.40. The number of benzene rings is 2. The number of para-hydroxylation sites is 1. The van der Waals surface area contributed by atoms with E-state index in [-0.39, 0.29) is 17.7 Å². The number of carbonyl (C=O) groups is 2. The van der Waals surface area contributed by atoms with Crippen LogP contribution in [0.3, 0.4) is 0 Å². The minimum atomic E-state index is -0.451. The van der Waals surface area contributed by atoms with Gasteiger partial charge in [-0.05, 0) is 36.6 Å². The number of rotatable bonds is 7. The molecule has 5 heteroatoms. The maximum atomic E-state index is 12.4. The molecule has 25 heavy (non-hydrogen) atoms. The predicted molar refractivity (Wildman–Crippen MR) is 98.6 cm³/mol. The van der Waals surface area contributed by atoms with E-state index in [1.54, 1.807) is 48.5 Å². The topological polar surface area (TPSA) is 78.4 Å². The number of amides is 2. The molecule has 0 aromatic heterocycles. The fraction of sp³-hybridized carbons (Fsp3) is 0.300. The molecule has 2 amide bonds. The van der Waals surface area contributed by atoms with Crippen LogP contribution in [0.4, 0.5) is 5.69 Å². The molecule has 0 aliphatic rings. The maximum Gasteiger partial charge on any atom is 0.255 e. The summed E-state index contributed by atoms with van der Waals surface area (Å²) in [6.07, 6.45) is 0.0374. The first-order valence-electron chi connectivity index (χ1n) is 8.40. The SMILES string of the molecule is CC(C)C(O)CCNC(=O)c1ccccc1NC(=O)c1ccccc1. The van der Waals surface area contributed by atoms with Crippen molar-refractivity contribution in [2.75, 3.05) is 11.9 Å². The number of hydrogen-bond donors (Lipinski definition) is 3. The number of hydrogen-bond acceptors (Lipinski definition) is 3. The third kappa shape index (κ3) is 5.43. The molecule has 1 atom stereocenters. The summed E-state index contributed by atoms with van der Waals surface area (Å²) < 4.78 is 0. The summed E-state index contributed by atoms with van der Waals surface area (Å²) >= 11 is 0. The van der Waals surface area contributed by atoms with Crippen LogP contribution in [0.2, 0.25) is 0 Å². The van der Waals surface area contributed by atoms with E-state index in [0.29, 0.717) is 29.8 Å². The summed E-state index contributed by atoms with van der Waals surface area (Å²) in [5.41, 5.74) is 1.38. The third-order valence-electron chi connectivity index (χ3n) is 3.95. The van der Waals surface area contributed by atoms with E-state index in [0.717, 1.165) is 0 Å². The van der Waals surface area contributed by atoms with E-state index in [2.05, 4.69) is 10.6 Å². The molecule has 5 nitrogen and oxygen atoms in total. The lowest BCUT2D eigenvalue weighted by Crippen LogP contribution is -2.29. The van der Waals surface area contributed by atoms with Crippen molar-refractivity contribution in [2.45, 2.75) is 26.4 Å². The quantitative estimate of drug-likeness (QED) is 0.725. The van der Waals surface area contributed by atoms with E-state index in [9.17, 15) is 14.7 Å². The summed E-state index contributed by atoms with van der Waals surface area (Å²) in [5, 5.41) is 15.4. The van der Waals surface area contributed by atoms with Gasteiger partial charge in [-0.15, -0.1) is 0 Å². The van der Waals surface area contributed by atoms with E-state index >= 15 is 0 Å². The number of anilines is 1. The molecule has 0 heterocycles. The van der Waals surface area contributed by atoms with Gasteiger partial charge in [0.05, 0.1) is 17.4 Å². The van der Waals surface area contributed by atoms with Gasteiger partial charge in [-0.3, -0.25) is 9.59 Å². The molecule has 0 aliphatic heterocycles. The molecular formula is C20H24N2O3. The van der Waals surface area contributed by atoms with Crippen molar-refractivity contribution in [3.05, 3.63) is 65.7 Å². The van der Waals surface area contributed by atoms with E-state index in [4.69, 9.17) is 0 Å². The summed E-state index contributed by atoms with van der Waals surface area (Å²) in [5.74, 6) is -0.398. The number of aliphatic hydroxyl groups excluding tert-OH is 1. The van der Waals surface area contributed by atoms with Crippen molar-refractivity contribution in [3.8, 4) is 0 Å². The average molecular weight is 340 g/mol. The Hall–Kier alpha value is -2.66. The summed E-state index contributed by atoms with van der Waals surface area (Å²) in [4.78, 5) is 24.7. The molecule has 2 aromatic carbocycles. The molecule has 0 bridgehead atoms. The van der Waals surface area contributed by atoms with Gasteiger partial charge in [0.2, 0.25) is 0 Å². The predicted octanol–water partition coefficient (Wildman–Crippen LogP) is 3.08. The van der Waals surface area contributed by atoms with Crippen LogP contribution < -0.4 is 10.6 Å². The smallest absolute Gasteiger partial charge is 0.255 e. The van der Waals surface area contributed by atoms with Gasteiger partial charge >= 0.3 is 0 Å². The largest absolute Gasteiger partial charge is 0.393 e. The average Bonchev–Trinajstić information content (AvgIpc) is 2.62. The highest BCUT2D eigenvalue weighted by molar-refractivity contribution is 6.08. The second-order valence-electron chi connectivity index (χ2n) is 6.22. The molecule has 0 fully saturated rings. The van der Waals surface area contributed by atoms with Crippen molar-refractivity contribution in [2.24, 2.45) is 5.92 Å². The highest BCUT2D eigenvalue weighted by Crippen LogP contribution is 2.16. The van der Waals surface area contributed by atoms with Crippen LogP contribution in [-0.4, -0.2) is 29.6 Å². The molecular weight excluding hydrogens is 316 g/mol. The van der Waals surface area contributed by atoms with Gasteiger partial charge in [-0.2, -0.15) is 0 Å². The van der Waals surface area contributed by atoms with Gasteiger partial charge in [-0.1, -0.05) is 44.2 Å². The Bertz CT molecular complexity index is 714. The number of aliphatic hydroxyl groups is 1. The summed E-state index contributed by atoms with van der Waals surface area (Å²) in [6.45, 7) is 4.24. The number of nitrogens with one attached hydrogen (secondary N) is 2. The zero-order valence-corrected chi connectivity index (χ0v) is 14.5. The van der Waals surface area contributed by atoms with Crippen LogP contribution >= 0.6 is 0 Å². The highest BCUT2D eigenvalue weighted by atomic mass is 16.3. The van der Waals surface area contributed by atoms with Gasteiger partial charge in [-0.25, -0.2) is 0 Å². The van der Waals surface area contributed by atoms with Crippen LogP contribution in [-0.2, 0) is 0 Å². The second kappa shape index (κ2) is 8.99. The van der Waals surface area contributed by atoms with Crippen LogP contribution in [0.5, 0.6) is 0 Å². The first kappa shape index (κ1) is 18.7. The first-order chi connectivity index (χ1) is 12.0. The van der Waals surface area contributed by atoms with Crippen LogP contribution in [0.1, 0.15) is 41.0 Å².